The number of halogens is 4. The minimum Gasteiger partial charge on any atom is -0.494 e. The van der Waals surface area contributed by atoms with Crippen LogP contribution in [0.4, 0.5) is 17.6 Å². The van der Waals surface area contributed by atoms with Gasteiger partial charge in [-0.3, -0.25) is 14.3 Å². The second-order valence-corrected chi connectivity index (χ2v) is 11.6. The number of pyridine rings is 1. The Labute approximate surface area is 259 Å². The van der Waals surface area contributed by atoms with Gasteiger partial charge >= 0.3 is 6.18 Å². The number of hydrogen-bond donors (Lipinski definition) is 3. The van der Waals surface area contributed by atoms with E-state index in [0.29, 0.717) is 10.9 Å². The second-order valence-electron chi connectivity index (χ2n) is 11.6. The Kier molecular flexibility index (Phi) is 7.34. The second kappa shape index (κ2) is 10.9. The third-order valence-electron chi connectivity index (χ3n) is 8.43. The topological polar surface area (TPSA) is 151 Å². The molecule has 4 N–H and O–H groups in total. The molecular weight excluding hydrogens is 614 g/mol. The van der Waals surface area contributed by atoms with E-state index in [1.807, 2.05) is 0 Å². The van der Waals surface area contributed by atoms with Crippen LogP contribution in [0.3, 0.4) is 0 Å². The van der Waals surface area contributed by atoms with Gasteiger partial charge in [-0.25, -0.2) is 9.37 Å². The Bertz CT molecular complexity index is 1890. The summed E-state index contributed by atoms with van der Waals surface area (Å²) in [6.45, 7) is -0.302. The fourth-order valence-electron chi connectivity index (χ4n) is 5.38. The first-order valence-electron chi connectivity index (χ1n) is 14.2. The number of carbonyl (C=O) groups is 2. The standard InChI is InChI=1S/C31H29F4N5O6/c1-29(28(36)42)14-46-26-19(29)11-23(38-25(26)15-4-7-20(32)21(9-15)44-2)30(43,31(33,34)35)13-37-27(41)16-8-17-12-40(18-5-6-18)39-24(17)22(10-16)45-3/h4,7-12,18,43H,5-6,13-14H2,1-3H3,(H2,36,42)(H,37,41)/t29-,30+/m0/s1. The SMILES string of the molecule is COc1cc(-c2nc([C@](O)(CNC(=O)c3cc(OC)c4nn(C5CC5)cc4c3)C(F)(F)F)cc3c2OC[C@]3(C)C(N)=O)ccc1F. The normalized spacial score (nSPS) is 18.9. The number of alkyl halides is 3. The molecule has 1 fully saturated rings. The lowest BCUT2D eigenvalue weighted by molar-refractivity contribution is -0.265. The van der Waals surface area contributed by atoms with E-state index in [-0.39, 0.29) is 52.3 Å². The smallest absolute Gasteiger partial charge is 0.424 e. The number of aromatic nitrogens is 3. The van der Waals surface area contributed by atoms with Crippen molar-refractivity contribution < 1.29 is 46.5 Å². The number of ether oxygens (including phenoxy) is 3. The summed E-state index contributed by atoms with van der Waals surface area (Å²) in [5.41, 5.74) is -0.444. The van der Waals surface area contributed by atoms with Gasteiger partial charge in [-0.05, 0) is 56.2 Å². The number of fused-ring (bicyclic) bond motifs is 2. The van der Waals surface area contributed by atoms with E-state index in [9.17, 15) is 32.3 Å². The van der Waals surface area contributed by atoms with Gasteiger partial charge in [0.25, 0.3) is 5.91 Å². The maximum atomic E-state index is 14.8. The van der Waals surface area contributed by atoms with E-state index in [1.54, 1.807) is 10.9 Å². The van der Waals surface area contributed by atoms with Gasteiger partial charge in [0.15, 0.2) is 11.6 Å². The van der Waals surface area contributed by atoms with Crippen molar-refractivity contribution in [2.24, 2.45) is 5.73 Å². The van der Waals surface area contributed by atoms with Crippen molar-refractivity contribution in [2.45, 2.75) is 43.0 Å². The quantitative estimate of drug-likeness (QED) is 0.233. The van der Waals surface area contributed by atoms with Crippen LogP contribution < -0.4 is 25.3 Å². The average molecular weight is 644 g/mol. The fraction of sp³-hybridized carbons (Fsp3) is 0.355. The van der Waals surface area contributed by atoms with Gasteiger partial charge in [-0.15, -0.1) is 0 Å². The van der Waals surface area contributed by atoms with Crippen LogP contribution in [-0.2, 0) is 15.8 Å². The van der Waals surface area contributed by atoms with Crippen LogP contribution in [0.2, 0.25) is 0 Å². The molecule has 2 amide bonds. The van der Waals surface area contributed by atoms with Gasteiger partial charge in [0.05, 0.1) is 32.5 Å². The van der Waals surface area contributed by atoms with Crippen molar-refractivity contribution in [2.75, 3.05) is 27.4 Å². The highest BCUT2D eigenvalue weighted by atomic mass is 19.4. The zero-order chi connectivity index (χ0) is 33.2. The lowest BCUT2D eigenvalue weighted by Gasteiger charge is -2.31. The number of nitrogens with one attached hydrogen (secondary N) is 1. The van der Waals surface area contributed by atoms with E-state index in [2.05, 4.69) is 15.4 Å². The highest BCUT2D eigenvalue weighted by Crippen LogP contribution is 2.48. The van der Waals surface area contributed by atoms with Crippen LogP contribution in [0, 0.1) is 5.82 Å². The predicted molar refractivity (Wildman–Crippen MR) is 155 cm³/mol. The largest absolute Gasteiger partial charge is 0.494 e. The first kappa shape index (κ1) is 31.1. The van der Waals surface area contributed by atoms with Gasteiger partial charge in [0.2, 0.25) is 11.5 Å². The molecule has 11 nitrogen and oxygen atoms in total. The van der Waals surface area contributed by atoms with E-state index >= 15 is 0 Å². The molecule has 0 unspecified atom stereocenters. The number of primary amides is 1. The Balaban J connectivity index is 1.41. The molecule has 0 radical (unpaired) electrons. The van der Waals surface area contributed by atoms with Crippen molar-refractivity contribution in [3.05, 3.63) is 65.2 Å². The summed E-state index contributed by atoms with van der Waals surface area (Å²) in [5, 5.41) is 18.6. The van der Waals surface area contributed by atoms with Crippen molar-refractivity contribution in [3.8, 4) is 28.5 Å². The van der Waals surface area contributed by atoms with Crippen molar-refractivity contribution in [1.82, 2.24) is 20.1 Å². The van der Waals surface area contributed by atoms with Crippen LogP contribution >= 0.6 is 0 Å². The minimum absolute atomic E-state index is 0.0278. The Morgan fingerprint density at radius 2 is 1.87 bits per heavy atom. The molecule has 1 aliphatic carbocycles. The van der Waals surface area contributed by atoms with E-state index in [4.69, 9.17) is 19.9 Å². The Hall–Kier alpha value is -4.92. The van der Waals surface area contributed by atoms with E-state index in [0.717, 1.165) is 25.0 Å². The summed E-state index contributed by atoms with van der Waals surface area (Å²) in [4.78, 5) is 29.9. The van der Waals surface area contributed by atoms with Gasteiger partial charge in [-0.2, -0.15) is 18.3 Å². The lowest BCUT2D eigenvalue weighted by atomic mass is 9.81. The van der Waals surface area contributed by atoms with Crippen LogP contribution in [0.15, 0.2) is 42.6 Å². The number of carbonyl (C=O) groups excluding carboxylic acids is 2. The maximum absolute atomic E-state index is 14.8. The van der Waals surface area contributed by atoms with Crippen molar-refractivity contribution in [3.63, 3.8) is 0 Å². The number of amides is 2. The molecule has 2 atom stereocenters. The first-order valence-corrected chi connectivity index (χ1v) is 14.2. The highest BCUT2D eigenvalue weighted by Gasteiger charge is 2.57. The summed E-state index contributed by atoms with van der Waals surface area (Å²) in [6, 6.07) is 7.38. The van der Waals surface area contributed by atoms with Gasteiger partial charge < -0.3 is 30.4 Å². The molecule has 242 valence electrons. The van der Waals surface area contributed by atoms with Crippen LogP contribution in [0.5, 0.6) is 17.2 Å². The first-order chi connectivity index (χ1) is 21.7. The van der Waals surface area contributed by atoms with Crippen LogP contribution in [0.25, 0.3) is 22.2 Å². The number of aliphatic hydroxyl groups is 1. The maximum Gasteiger partial charge on any atom is 0.424 e. The molecule has 2 aromatic carbocycles. The molecule has 15 heteroatoms. The fourth-order valence-corrected chi connectivity index (χ4v) is 5.38. The molecule has 46 heavy (non-hydrogen) atoms. The van der Waals surface area contributed by atoms with Gasteiger partial charge in [0, 0.05) is 28.3 Å². The Morgan fingerprint density at radius 3 is 2.50 bits per heavy atom. The lowest BCUT2D eigenvalue weighted by Crippen LogP contribution is -2.51. The zero-order valence-corrected chi connectivity index (χ0v) is 24.9. The zero-order valence-electron chi connectivity index (χ0n) is 24.9. The summed E-state index contributed by atoms with van der Waals surface area (Å²) < 4.78 is 76.5. The average Bonchev–Trinajstić information content (AvgIpc) is 3.69. The third-order valence-corrected chi connectivity index (χ3v) is 8.43. The predicted octanol–water partition coefficient (Wildman–Crippen LogP) is 3.90. The third kappa shape index (κ3) is 5.04. The molecule has 2 aromatic heterocycles. The number of methoxy groups -OCH3 is 2. The minimum atomic E-state index is -5.38. The van der Waals surface area contributed by atoms with Crippen LogP contribution in [-0.4, -0.2) is 65.2 Å². The summed E-state index contributed by atoms with van der Waals surface area (Å²) in [7, 11) is 2.58. The van der Waals surface area contributed by atoms with Gasteiger partial charge in [0.1, 0.15) is 34.7 Å². The molecule has 2 aliphatic rings. The van der Waals surface area contributed by atoms with Gasteiger partial charge in [-0.1, -0.05) is 0 Å². The van der Waals surface area contributed by atoms with E-state index in [1.165, 1.54) is 45.4 Å². The molecule has 4 aromatic rings. The van der Waals surface area contributed by atoms with E-state index < -0.39 is 47.1 Å². The number of nitrogens with two attached hydrogens (primary N) is 1. The number of rotatable bonds is 9. The number of hydrogen-bond acceptors (Lipinski definition) is 8. The highest BCUT2D eigenvalue weighted by molar-refractivity contribution is 6.00. The van der Waals surface area contributed by atoms with Crippen LogP contribution in [0.1, 0.15) is 47.4 Å². The molecule has 1 saturated carbocycles. The number of benzene rings is 2. The monoisotopic (exact) mass is 643 g/mol. The molecular formula is C31H29F4N5O6. The summed E-state index contributed by atoms with van der Waals surface area (Å²) in [6.07, 6.45) is -1.74. The summed E-state index contributed by atoms with van der Waals surface area (Å²) >= 11 is 0. The van der Waals surface area contributed by atoms with Crippen molar-refractivity contribution in [1.29, 1.82) is 0 Å². The Morgan fingerprint density at radius 1 is 1.15 bits per heavy atom. The van der Waals surface area contributed by atoms with Crippen molar-refractivity contribution >= 4 is 22.7 Å². The number of nitrogens with zero attached hydrogens (tertiary/aromatic N) is 3. The molecule has 0 saturated heterocycles. The summed E-state index contributed by atoms with van der Waals surface area (Å²) in [5.74, 6) is -2.63. The molecule has 3 heterocycles. The molecule has 1 aliphatic heterocycles. The molecule has 0 spiro atoms. The molecule has 0 bridgehead atoms. The molecule has 6 rings (SSSR count).